The van der Waals surface area contributed by atoms with Gasteiger partial charge >= 0.3 is 5.97 Å². The van der Waals surface area contributed by atoms with Gasteiger partial charge in [-0.25, -0.2) is 8.78 Å². The molecule has 0 radical (unpaired) electrons. The van der Waals surface area contributed by atoms with Crippen LogP contribution in [0.5, 0.6) is 0 Å². The summed E-state index contributed by atoms with van der Waals surface area (Å²) in [5, 5.41) is 9.49. The molecule has 0 spiro atoms. The van der Waals surface area contributed by atoms with Crippen LogP contribution in [0.15, 0.2) is 30.3 Å². The second kappa shape index (κ2) is 6.49. The Hall–Kier alpha value is -1.98. The Morgan fingerprint density at radius 3 is 2.29 bits per heavy atom. The first-order valence-electron chi connectivity index (χ1n) is 8.32. The van der Waals surface area contributed by atoms with E-state index in [1.807, 2.05) is 30.3 Å². The van der Waals surface area contributed by atoms with Gasteiger partial charge in [-0.15, -0.1) is 0 Å². The maximum Gasteiger partial charge on any atom is 0.308 e. The van der Waals surface area contributed by atoms with Crippen LogP contribution in [0.25, 0.3) is 0 Å². The standard InChI is InChI=1S/C18H21F2NO3/c19-18(20)8-6-13(7-9-18)16(22)21-10-14(15(11-21)17(23)24)12-4-2-1-3-5-12/h1-5,13-15H,6-11H2,(H,23,24)/t14-,15-/m1/s1. The lowest BCUT2D eigenvalue weighted by molar-refractivity contribution is -0.142. The number of alkyl halides is 2. The van der Waals surface area contributed by atoms with Crippen molar-refractivity contribution in [1.29, 1.82) is 0 Å². The Morgan fingerprint density at radius 2 is 1.71 bits per heavy atom. The summed E-state index contributed by atoms with van der Waals surface area (Å²) in [5.74, 6) is -5.07. The maximum atomic E-state index is 13.3. The van der Waals surface area contributed by atoms with E-state index in [-0.39, 0.29) is 44.1 Å². The van der Waals surface area contributed by atoms with Crippen molar-refractivity contribution >= 4 is 11.9 Å². The summed E-state index contributed by atoms with van der Waals surface area (Å²) < 4.78 is 26.5. The monoisotopic (exact) mass is 337 g/mol. The molecule has 1 aliphatic carbocycles. The summed E-state index contributed by atoms with van der Waals surface area (Å²) >= 11 is 0. The Kier molecular flexibility index (Phi) is 4.56. The molecule has 1 aromatic rings. The van der Waals surface area contributed by atoms with Gasteiger partial charge in [0.15, 0.2) is 0 Å². The summed E-state index contributed by atoms with van der Waals surface area (Å²) in [5.41, 5.74) is 0.898. The van der Waals surface area contributed by atoms with Crippen LogP contribution in [0.3, 0.4) is 0 Å². The number of amides is 1. The molecule has 1 saturated carbocycles. The Labute approximate surface area is 139 Å². The smallest absolute Gasteiger partial charge is 0.308 e. The number of carboxylic acids is 1. The van der Waals surface area contributed by atoms with Crippen LogP contribution in [-0.4, -0.2) is 40.9 Å². The molecule has 1 aliphatic heterocycles. The highest BCUT2D eigenvalue weighted by atomic mass is 19.3. The molecule has 24 heavy (non-hydrogen) atoms. The Morgan fingerprint density at radius 1 is 1.08 bits per heavy atom. The fourth-order valence-electron chi connectivity index (χ4n) is 3.82. The molecule has 2 aliphatic rings. The lowest BCUT2D eigenvalue weighted by Crippen LogP contribution is -2.38. The van der Waals surface area contributed by atoms with Gasteiger partial charge in [0.1, 0.15) is 0 Å². The average Bonchev–Trinajstić information content (AvgIpc) is 3.00. The Bertz CT molecular complexity index is 610. The van der Waals surface area contributed by atoms with Crippen molar-refractivity contribution in [1.82, 2.24) is 4.90 Å². The summed E-state index contributed by atoms with van der Waals surface area (Å²) in [6.07, 6.45) is -0.171. The lowest BCUT2D eigenvalue weighted by atomic mass is 9.86. The van der Waals surface area contributed by atoms with E-state index in [9.17, 15) is 23.5 Å². The first-order valence-corrected chi connectivity index (χ1v) is 8.32. The van der Waals surface area contributed by atoms with Gasteiger partial charge in [0.2, 0.25) is 11.8 Å². The third-order valence-electron chi connectivity index (χ3n) is 5.24. The van der Waals surface area contributed by atoms with Gasteiger partial charge in [-0.3, -0.25) is 9.59 Å². The van der Waals surface area contributed by atoms with E-state index in [0.29, 0.717) is 6.54 Å². The fraction of sp³-hybridized carbons (Fsp3) is 0.556. The number of carbonyl (C=O) groups excluding carboxylic acids is 1. The zero-order chi connectivity index (χ0) is 17.3. The number of hydrogen-bond donors (Lipinski definition) is 1. The van der Waals surface area contributed by atoms with E-state index < -0.39 is 23.7 Å². The number of aliphatic carboxylic acids is 1. The van der Waals surface area contributed by atoms with Crippen LogP contribution in [0.2, 0.25) is 0 Å². The number of halogens is 2. The summed E-state index contributed by atoms with van der Waals surface area (Å²) in [7, 11) is 0. The zero-order valence-electron chi connectivity index (χ0n) is 13.3. The molecule has 1 heterocycles. The van der Waals surface area contributed by atoms with Crippen molar-refractivity contribution in [2.75, 3.05) is 13.1 Å². The van der Waals surface area contributed by atoms with Crippen LogP contribution in [0.1, 0.15) is 37.2 Å². The van der Waals surface area contributed by atoms with Crippen molar-refractivity contribution < 1.29 is 23.5 Å². The van der Waals surface area contributed by atoms with Crippen molar-refractivity contribution in [3.8, 4) is 0 Å². The van der Waals surface area contributed by atoms with Crippen molar-refractivity contribution in [2.45, 2.75) is 37.5 Å². The highest BCUT2D eigenvalue weighted by Crippen LogP contribution is 2.39. The molecule has 1 amide bonds. The first kappa shape index (κ1) is 16.9. The largest absolute Gasteiger partial charge is 0.481 e. The Balaban J connectivity index is 1.71. The van der Waals surface area contributed by atoms with Crippen LogP contribution >= 0.6 is 0 Å². The minimum absolute atomic E-state index is 0.153. The van der Waals surface area contributed by atoms with E-state index in [1.54, 1.807) is 4.90 Å². The predicted octanol–water partition coefficient (Wildman–Crippen LogP) is 3.14. The molecular formula is C18H21F2NO3. The fourth-order valence-corrected chi connectivity index (χ4v) is 3.82. The van der Waals surface area contributed by atoms with Gasteiger partial charge in [-0.05, 0) is 18.4 Å². The topological polar surface area (TPSA) is 57.6 Å². The SMILES string of the molecule is O=C(O)[C@@H]1CN(C(=O)C2CCC(F)(F)CC2)C[C@@H]1c1ccccc1. The summed E-state index contributed by atoms with van der Waals surface area (Å²) in [6.45, 7) is 0.493. The summed E-state index contributed by atoms with van der Waals surface area (Å²) in [6, 6.07) is 9.30. The lowest BCUT2D eigenvalue weighted by Gasteiger charge is -2.30. The number of likely N-dealkylation sites (tertiary alicyclic amines) is 1. The van der Waals surface area contributed by atoms with E-state index in [4.69, 9.17) is 0 Å². The van der Waals surface area contributed by atoms with Gasteiger partial charge in [0, 0.05) is 37.8 Å². The van der Waals surface area contributed by atoms with Gasteiger partial charge < -0.3 is 10.0 Å². The van der Waals surface area contributed by atoms with Gasteiger partial charge in [0.25, 0.3) is 0 Å². The van der Waals surface area contributed by atoms with Gasteiger partial charge in [-0.2, -0.15) is 0 Å². The van der Waals surface area contributed by atoms with Gasteiger partial charge in [-0.1, -0.05) is 30.3 Å². The molecule has 2 atom stereocenters. The third kappa shape index (κ3) is 3.42. The second-order valence-electron chi connectivity index (χ2n) is 6.84. The molecule has 0 bridgehead atoms. The number of carboxylic acid groups (broad SMARTS) is 1. The molecule has 0 unspecified atom stereocenters. The average molecular weight is 337 g/mol. The molecule has 2 fully saturated rings. The number of rotatable bonds is 3. The van der Waals surface area contributed by atoms with Crippen molar-refractivity contribution in [2.24, 2.45) is 11.8 Å². The van der Waals surface area contributed by atoms with E-state index >= 15 is 0 Å². The highest BCUT2D eigenvalue weighted by Gasteiger charge is 2.44. The van der Waals surface area contributed by atoms with Crippen LogP contribution in [-0.2, 0) is 9.59 Å². The first-order chi connectivity index (χ1) is 11.4. The van der Waals surface area contributed by atoms with Crippen molar-refractivity contribution in [3.05, 3.63) is 35.9 Å². The number of carbonyl (C=O) groups is 2. The molecular weight excluding hydrogens is 316 g/mol. The van der Waals surface area contributed by atoms with E-state index in [1.165, 1.54) is 0 Å². The minimum atomic E-state index is -2.67. The van der Waals surface area contributed by atoms with Crippen molar-refractivity contribution in [3.63, 3.8) is 0 Å². The van der Waals surface area contributed by atoms with Crippen LogP contribution in [0, 0.1) is 11.8 Å². The van der Waals surface area contributed by atoms with Gasteiger partial charge in [0.05, 0.1) is 5.92 Å². The molecule has 130 valence electrons. The molecule has 4 nitrogen and oxygen atoms in total. The number of nitrogens with zero attached hydrogens (tertiary/aromatic N) is 1. The maximum absolute atomic E-state index is 13.3. The molecule has 1 saturated heterocycles. The quantitative estimate of drug-likeness (QED) is 0.922. The highest BCUT2D eigenvalue weighted by molar-refractivity contribution is 5.81. The minimum Gasteiger partial charge on any atom is -0.481 e. The predicted molar refractivity (Wildman–Crippen MR) is 83.8 cm³/mol. The van der Waals surface area contributed by atoms with E-state index in [0.717, 1.165) is 5.56 Å². The third-order valence-corrected chi connectivity index (χ3v) is 5.24. The zero-order valence-corrected chi connectivity index (χ0v) is 13.3. The second-order valence-corrected chi connectivity index (χ2v) is 6.84. The molecule has 1 N–H and O–H groups in total. The molecule has 3 rings (SSSR count). The normalized spacial score (nSPS) is 27.2. The van der Waals surface area contributed by atoms with Crippen LogP contribution < -0.4 is 0 Å². The van der Waals surface area contributed by atoms with E-state index in [2.05, 4.69) is 0 Å². The number of hydrogen-bond acceptors (Lipinski definition) is 2. The molecule has 1 aromatic carbocycles. The number of benzene rings is 1. The molecule has 6 heteroatoms. The van der Waals surface area contributed by atoms with Crippen LogP contribution in [0.4, 0.5) is 8.78 Å². The summed E-state index contributed by atoms with van der Waals surface area (Å²) in [4.78, 5) is 25.8. The molecule has 0 aromatic heterocycles.